The second-order valence-electron chi connectivity index (χ2n) is 6.52. The highest BCUT2D eigenvalue weighted by molar-refractivity contribution is 9.10. The summed E-state index contributed by atoms with van der Waals surface area (Å²) in [5.41, 5.74) is 0.695. The van der Waals surface area contributed by atoms with Crippen LogP contribution >= 0.6 is 39.1 Å². The normalized spacial score (nSPS) is 11.5. The van der Waals surface area contributed by atoms with Gasteiger partial charge in [0.15, 0.2) is 0 Å². The summed E-state index contributed by atoms with van der Waals surface area (Å²) in [4.78, 5) is 12.6. The maximum atomic E-state index is 13.4. The largest absolute Gasteiger partial charge is 0.325 e. The number of hydrogen-bond donors (Lipinski definition) is 1. The molecular weight excluding hydrogens is 530 g/mol. The van der Waals surface area contributed by atoms with Crippen molar-refractivity contribution in [3.8, 4) is 0 Å². The summed E-state index contributed by atoms with van der Waals surface area (Å²) in [5.74, 6) is -1.15. The molecule has 0 spiro atoms. The number of benzene rings is 3. The van der Waals surface area contributed by atoms with Crippen LogP contribution in [0.3, 0.4) is 0 Å². The van der Waals surface area contributed by atoms with Gasteiger partial charge in [0.05, 0.1) is 11.4 Å². The molecule has 162 valence electrons. The van der Waals surface area contributed by atoms with Gasteiger partial charge in [0.1, 0.15) is 5.82 Å². The van der Waals surface area contributed by atoms with Gasteiger partial charge >= 0.3 is 0 Å². The summed E-state index contributed by atoms with van der Waals surface area (Å²) >= 11 is 15.4. The molecule has 0 aliphatic rings. The van der Waals surface area contributed by atoms with Crippen LogP contribution in [0.4, 0.5) is 10.1 Å². The lowest BCUT2D eigenvalue weighted by Gasteiger charge is -2.22. The summed E-state index contributed by atoms with van der Waals surface area (Å²) in [6.07, 6.45) is 0. The fraction of sp³-hybridized carbons (Fsp3) is 0.0952. The zero-order valence-corrected chi connectivity index (χ0v) is 19.8. The molecule has 0 unspecified atom stereocenters. The Morgan fingerprint density at radius 3 is 2.39 bits per heavy atom. The molecule has 0 heterocycles. The third-order valence-electron chi connectivity index (χ3n) is 4.24. The summed E-state index contributed by atoms with van der Waals surface area (Å²) in [6, 6.07) is 16.0. The van der Waals surface area contributed by atoms with E-state index >= 15 is 0 Å². The van der Waals surface area contributed by atoms with Gasteiger partial charge in [0.25, 0.3) is 0 Å². The number of rotatable bonds is 7. The molecule has 0 saturated heterocycles. The van der Waals surface area contributed by atoms with E-state index in [9.17, 15) is 17.6 Å². The number of nitrogens with one attached hydrogen (secondary N) is 1. The van der Waals surface area contributed by atoms with E-state index < -0.39 is 28.3 Å². The molecule has 1 amide bonds. The Labute approximate surface area is 198 Å². The quantitative estimate of drug-likeness (QED) is 0.412. The molecule has 0 bridgehead atoms. The van der Waals surface area contributed by atoms with Crippen molar-refractivity contribution in [3.05, 3.63) is 92.6 Å². The zero-order valence-electron chi connectivity index (χ0n) is 15.9. The first-order valence-electron chi connectivity index (χ1n) is 8.90. The predicted molar refractivity (Wildman–Crippen MR) is 123 cm³/mol. The van der Waals surface area contributed by atoms with Gasteiger partial charge in [-0.15, -0.1) is 0 Å². The zero-order chi connectivity index (χ0) is 22.6. The van der Waals surface area contributed by atoms with Crippen LogP contribution in [0, 0.1) is 5.82 Å². The van der Waals surface area contributed by atoms with Crippen LogP contribution < -0.4 is 5.32 Å². The Bertz CT molecular complexity index is 1210. The van der Waals surface area contributed by atoms with E-state index in [1.165, 1.54) is 36.4 Å². The lowest BCUT2D eigenvalue weighted by Crippen LogP contribution is -2.37. The average Bonchev–Trinajstić information content (AvgIpc) is 2.69. The fourth-order valence-electron chi connectivity index (χ4n) is 2.75. The minimum absolute atomic E-state index is 0.0133. The number of nitrogens with zero attached hydrogens (tertiary/aromatic N) is 1. The van der Waals surface area contributed by atoms with E-state index in [-0.39, 0.29) is 22.2 Å². The van der Waals surface area contributed by atoms with Gasteiger partial charge in [-0.05, 0) is 60.2 Å². The van der Waals surface area contributed by atoms with Gasteiger partial charge < -0.3 is 5.32 Å². The molecule has 0 aliphatic heterocycles. The standard InChI is InChI=1S/C21H16BrCl2FN2O3S/c22-15-5-8-19(9-6-15)31(29,30)27(12-14-4-7-16(23)10-20(14)24)13-21(28)26-18-3-1-2-17(25)11-18/h1-11H,12-13H2,(H,26,28). The maximum absolute atomic E-state index is 13.4. The van der Waals surface area contributed by atoms with Gasteiger partial charge in [-0.1, -0.05) is 51.3 Å². The minimum Gasteiger partial charge on any atom is -0.325 e. The Kier molecular flexibility index (Phi) is 7.72. The number of sulfonamides is 1. The highest BCUT2D eigenvalue weighted by atomic mass is 79.9. The van der Waals surface area contributed by atoms with Crippen molar-refractivity contribution in [1.29, 1.82) is 0 Å². The molecule has 31 heavy (non-hydrogen) atoms. The molecule has 0 saturated carbocycles. The number of halogens is 4. The Hall–Kier alpha value is -1.97. The van der Waals surface area contributed by atoms with Crippen LogP contribution in [0.5, 0.6) is 0 Å². The van der Waals surface area contributed by atoms with Gasteiger partial charge in [0.2, 0.25) is 15.9 Å². The number of hydrogen-bond acceptors (Lipinski definition) is 3. The van der Waals surface area contributed by atoms with E-state index in [1.807, 2.05) is 0 Å². The molecule has 0 aliphatic carbocycles. The van der Waals surface area contributed by atoms with Crippen molar-refractivity contribution in [2.75, 3.05) is 11.9 Å². The topological polar surface area (TPSA) is 66.5 Å². The molecule has 1 N–H and O–H groups in total. The van der Waals surface area contributed by atoms with Crippen LogP contribution in [0.2, 0.25) is 10.0 Å². The fourth-order valence-corrected chi connectivity index (χ4v) is 4.86. The molecule has 0 aromatic heterocycles. The molecule has 10 heteroatoms. The molecule has 3 aromatic rings. The van der Waals surface area contributed by atoms with Gasteiger partial charge in [-0.2, -0.15) is 4.31 Å². The number of anilines is 1. The molecule has 0 atom stereocenters. The Balaban J connectivity index is 1.91. The van der Waals surface area contributed by atoms with Crippen LogP contribution in [0.25, 0.3) is 0 Å². The van der Waals surface area contributed by atoms with Crippen LogP contribution in [-0.2, 0) is 21.4 Å². The van der Waals surface area contributed by atoms with Crippen LogP contribution in [0.15, 0.2) is 76.1 Å². The highest BCUT2D eigenvalue weighted by Crippen LogP contribution is 2.26. The molecule has 0 radical (unpaired) electrons. The first kappa shape index (κ1) is 23.7. The van der Waals surface area contributed by atoms with E-state index in [2.05, 4.69) is 21.2 Å². The number of amides is 1. The SMILES string of the molecule is O=C(CN(Cc1ccc(Cl)cc1Cl)S(=O)(=O)c1ccc(Br)cc1)Nc1cccc(F)c1. The van der Waals surface area contributed by atoms with Gasteiger partial charge in [-0.25, -0.2) is 12.8 Å². The molecular formula is C21H16BrCl2FN2O3S. The lowest BCUT2D eigenvalue weighted by molar-refractivity contribution is -0.116. The van der Waals surface area contributed by atoms with Crippen molar-refractivity contribution in [1.82, 2.24) is 4.31 Å². The summed E-state index contributed by atoms with van der Waals surface area (Å²) in [5, 5.41) is 3.18. The Morgan fingerprint density at radius 1 is 1.03 bits per heavy atom. The Morgan fingerprint density at radius 2 is 1.74 bits per heavy atom. The highest BCUT2D eigenvalue weighted by Gasteiger charge is 2.27. The molecule has 0 fully saturated rings. The number of carbonyl (C=O) groups is 1. The van der Waals surface area contributed by atoms with Crippen molar-refractivity contribution >= 4 is 60.7 Å². The first-order valence-corrected chi connectivity index (χ1v) is 11.9. The van der Waals surface area contributed by atoms with Crippen molar-refractivity contribution in [2.45, 2.75) is 11.4 Å². The second kappa shape index (κ2) is 10.1. The molecule has 3 rings (SSSR count). The third kappa shape index (κ3) is 6.27. The monoisotopic (exact) mass is 544 g/mol. The first-order chi connectivity index (χ1) is 14.6. The van der Waals surface area contributed by atoms with E-state index in [0.29, 0.717) is 15.1 Å². The second-order valence-corrected chi connectivity index (χ2v) is 10.2. The van der Waals surface area contributed by atoms with E-state index in [1.54, 1.807) is 24.3 Å². The predicted octanol–water partition coefficient (Wildman–Crippen LogP) is 5.72. The lowest BCUT2D eigenvalue weighted by atomic mass is 10.2. The molecule has 3 aromatic carbocycles. The summed E-state index contributed by atoms with van der Waals surface area (Å²) < 4.78 is 41.7. The van der Waals surface area contributed by atoms with Crippen LogP contribution in [0.1, 0.15) is 5.56 Å². The molecule has 5 nitrogen and oxygen atoms in total. The van der Waals surface area contributed by atoms with E-state index in [0.717, 1.165) is 10.4 Å². The average molecular weight is 546 g/mol. The van der Waals surface area contributed by atoms with Gasteiger partial charge in [0, 0.05) is 26.8 Å². The summed E-state index contributed by atoms with van der Waals surface area (Å²) in [7, 11) is -4.05. The van der Waals surface area contributed by atoms with Crippen molar-refractivity contribution < 1.29 is 17.6 Å². The van der Waals surface area contributed by atoms with Crippen molar-refractivity contribution in [2.24, 2.45) is 0 Å². The maximum Gasteiger partial charge on any atom is 0.243 e. The van der Waals surface area contributed by atoms with Crippen LogP contribution in [-0.4, -0.2) is 25.2 Å². The van der Waals surface area contributed by atoms with Gasteiger partial charge in [-0.3, -0.25) is 4.79 Å². The number of carbonyl (C=O) groups excluding carboxylic acids is 1. The minimum atomic E-state index is -4.05. The van der Waals surface area contributed by atoms with Crippen molar-refractivity contribution in [3.63, 3.8) is 0 Å². The summed E-state index contributed by atoms with van der Waals surface area (Å²) in [6.45, 7) is -0.668. The smallest absolute Gasteiger partial charge is 0.243 e. The van der Waals surface area contributed by atoms with E-state index in [4.69, 9.17) is 23.2 Å². The third-order valence-corrected chi connectivity index (χ3v) is 7.16.